The third kappa shape index (κ3) is 3.27. The second-order valence-corrected chi connectivity index (χ2v) is 8.10. The Morgan fingerprint density at radius 3 is 2.55 bits per heavy atom. The van der Waals surface area contributed by atoms with Crippen LogP contribution in [0.15, 0.2) is 64.8 Å². The monoisotopic (exact) mass is 404 g/mol. The zero-order valence-electron chi connectivity index (χ0n) is 15.7. The van der Waals surface area contributed by atoms with Crippen molar-refractivity contribution in [2.75, 3.05) is 13.1 Å². The lowest BCUT2D eigenvalue weighted by atomic mass is 10.0. The van der Waals surface area contributed by atoms with Crippen molar-refractivity contribution in [2.24, 2.45) is 0 Å². The average Bonchev–Trinajstić information content (AvgIpc) is 3.38. The third-order valence-corrected chi connectivity index (χ3v) is 6.38. The SMILES string of the molecule is O=C(c1csc(-c2ccccc2)n1)N1CCC(n2c(=O)[nH]c3ccccc32)CC1. The summed E-state index contributed by atoms with van der Waals surface area (Å²) in [5.41, 5.74) is 3.22. The lowest BCUT2D eigenvalue weighted by Crippen LogP contribution is -2.40. The van der Waals surface area contributed by atoms with Crippen LogP contribution in [-0.4, -0.2) is 38.4 Å². The van der Waals surface area contributed by atoms with Crippen LogP contribution in [0.25, 0.3) is 21.6 Å². The van der Waals surface area contributed by atoms with Gasteiger partial charge in [0.05, 0.1) is 11.0 Å². The molecule has 0 aliphatic carbocycles. The highest BCUT2D eigenvalue weighted by molar-refractivity contribution is 7.13. The number of imidazole rings is 1. The van der Waals surface area contributed by atoms with Crippen molar-refractivity contribution in [3.8, 4) is 10.6 Å². The van der Waals surface area contributed by atoms with Crippen LogP contribution in [0.4, 0.5) is 0 Å². The van der Waals surface area contributed by atoms with E-state index in [1.54, 1.807) is 0 Å². The predicted molar refractivity (Wildman–Crippen MR) is 114 cm³/mol. The van der Waals surface area contributed by atoms with Gasteiger partial charge in [0.1, 0.15) is 10.7 Å². The molecule has 4 aromatic rings. The highest BCUT2D eigenvalue weighted by Gasteiger charge is 2.27. The van der Waals surface area contributed by atoms with Crippen LogP contribution in [0.3, 0.4) is 0 Å². The number of aromatic amines is 1. The Morgan fingerprint density at radius 1 is 1.03 bits per heavy atom. The van der Waals surface area contributed by atoms with E-state index in [0.717, 1.165) is 34.4 Å². The van der Waals surface area contributed by atoms with Crippen molar-refractivity contribution in [3.63, 3.8) is 0 Å². The van der Waals surface area contributed by atoms with Crippen LogP contribution in [0.2, 0.25) is 0 Å². The Hall–Kier alpha value is -3.19. The number of benzene rings is 2. The molecule has 7 heteroatoms. The molecule has 5 rings (SSSR count). The van der Waals surface area contributed by atoms with Crippen LogP contribution in [0, 0.1) is 0 Å². The molecule has 2 aromatic heterocycles. The third-order valence-electron chi connectivity index (χ3n) is 5.48. The van der Waals surface area contributed by atoms with E-state index in [1.165, 1.54) is 11.3 Å². The number of aromatic nitrogens is 3. The summed E-state index contributed by atoms with van der Waals surface area (Å²) in [7, 11) is 0. The van der Waals surface area contributed by atoms with Gasteiger partial charge in [-0.05, 0) is 25.0 Å². The number of H-pyrrole nitrogens is 1. The largest absolute Gasteiger partial charge is 0.337 e. The van der Waals surface area contributed by atoms with Gasteiger partial charge in [-0.2, -0.15) is 0 Å². The molecule has 2 aromatic carbocycles. The second-order valence-electron chi connectivity index (χ2n) is 7.24. The van der Waals surface area contributed by atoms with Gasteiger partial charge in [-0.3, -0.25) is 9.36 Å². The van der Waals surface area contributed by atoms with Crippen LogP contribution in [-0.2, 0) is 0 Å². The summed E-state index contributed by atoms with van der Waals surface area (Å²) in [6.45, 7) is 1.24. The molecule has 146 valence electrons. The first-order chi connectivity index (χ1) is 14.2. The van der Waals surface area contributed by atoms with E-state index >= 15 is 0 Å². The quantitative estimate of drug-likeness (QED) is 0.562. The molecular formula is C22H20N4O2S. The predicted octanol–water partition coefficient (Wildman–Crippen LogP) is 3.93. The fourth-order valence-electron chi connectivity index (χ4n) is 4.01. The normalized spacial score (nSPS) is 15.1. The molecule has 3 heterocycles. The Labute approximate surface area is 171 Å². The van der Waals surface area contributed by atoms with Gasteiger partial charge in [-0.25, -0.2) is 9.78 Å². The van der Waals surface area contributed by atoms with Crippen LogP contribution in [0.5, 0.6) is 0 Å². The molecule has 1 aliphatic heterocycles. The van der Waals surface area contributed by atoms with Crippen LogP contribution in [0.1, 0.15) is 29.4 Å². The Kier molecular flexibility index (Phi) is 4.52. The summed E-state index contributed by atoms with van der Waals surface area (Å²) in [5.74, 6) is -0.0341. The minimum atomic E-state index is -0.0806. The molecule has 0 unspecified atom stereocenters. The number of nitrogens with zero attached hydrogens (tertiary/aromatic N) is 3. The van der Waals surface area contributed by atoms with Gasteiger partial charge in [0.2, 0.25) is 0 Å². The topological polar surface area (TPSA) is 71.0 Å². The standard InChI is InChI=1S/C22H20N4O2S/c27-21(18-14-29-20(23-18)15-6-2-1-3-7-15)25-12-10-16(11-13-25)26-19-9-5-4-8-17(19)24-22(26)28/h1-9,14,16H,10-13H2,(H,24,28). The second kappa shape index (κ2) is 7.33. The molecule has 0 radical (unpaired) electrons. The molecule has 6 nitrogen and oxygen atoms in total. The molecule has 1 amide bonds. The van der Waals surface area contributed by atoms with Gasteiger partial charge in [0.25, 0.3) is 5.91 Å². The molecule has 1 fully saturated rings. The summed E-state index contributed by atoms with van der Waals surface area (Å²) in [6.07, 6.45) is 1.51. The van der Waals surface area contributed by atoms with Gasteiger partial charge in [0, 0.05) is 30.1 Å². The van der Waals surface area contributed by atoms with E-state index in [1.807, 2.05) is 69.4 Å². The number of likely N-dealkylation sites (tertiary alicyclic amines) is 1. The Bertz CT molecular complexity index is 1220. The van der Waals surface area contributed by atoms with E-state index in [9.17, 15) is 9.59 Å². The maximum absolute atomic E-state index is 12.9. The number of hydrogen-bond donors (Lipinski definition) is 1. The molecule has 0 bridgehead atoms. The smallest absolute Gasteiger partial charge is 0.326 e. The van der Waals surface area contributed by atoms with Gasteiger partial charge >= 0.3 is 5.69 Å². The number of hydrogen-bond acceptors (Lipinski definition) is 4. The summed E-state index contributed by atoms with van der Waals surface area (Å²) in [4.78, 5) is 34.7. The summed E-state index contributed by atoms with van der Waals surface area (Å²) in [6, 6.07) is 17.7. The maximum atomic E-state index is 12.9. The fourth-order valence-corrected chi connectivity index (χ4v) is 4.81. The van der Waals surface area contributed by atoms with Crippen molar-refractivity contribution in [1.29, 1.82) is 0 Å². The zero-order valence-corrected chi connectivity index (χ0v) is 16.6. The Morgan fingerprint density at radius 2 is 1.76 bits per heavy atom. The van der Waals surface area contributed by atoms with Gasteiger partial charge in [-0.1, -0.05) is 42.5 Å². The zero-order chi connectivity index (χ0) is 19.8. The van der Waals surface area contributed by atoms with Crippen molar-refractivity contribution < 1.29 is 4.79 Å². The lowest BCUT2D eigenvalue weighted by molar-refractivity contribution is 0.0690. The number of para-hydroxylation sites is 2. The number of nitrogens with one attached hydrogen (secondary N) is 1. The highest BCUT2D eigenvalue weighted by atomic mass is 32.1. The van der Waals surface area contributed by atoms with Crippen molar-refractivity contribution in [3.05, 3.63) is 76.2 Å². The minimum Gasteiger partial charge on any atom is -0.337 e. The summed E-state index contributed by atoms with van der Waals surface area (Å²) < 4.78 is 1.84. The first kappa shape index (κ1) is 17.9. The number of carbonyl (C=O) groups is 1. The number of piperidine rings is 1. The van der Waals surface area contributed by atoms with Crippen molar-refractivity contribution >= 4 is 28.3 Å². The van der Waals surface area contributed by atoms with E-state index < -0.39 is 0 Å². The van der Waals surface area contributed by atoms with Gasteiger partial charge in [-0.15, -0.1) is 11.3 Å². The number of fused-ring (bicyclic) bond motifs is 1. The van der Waals surface area contributed by atoms with Gasteiger partial charge in [0.15, 0.2) is 0 Å². The first-order valence-electron chi connectivity index (χ1n) is 9.70. The number of carbonyl (C=O) groups excluding carboxylic acids is 1. The number of amides is 1. The highest BCUT2D eigenvalue weighted by Crippen LogP contribution is 2.27. The minimum absolute atomic E-state index is 0.0341. The maximum Gasteiger partial charge on any atom is 0.326 e. The molecule has 0 atom stereocenters. The lowest BCUT2D eigenvalue weighted by Gasteiger charge is -2.32. The molecular weight excluding hydrogens is 384 g/mol. The molecule has 1 saturated heterocycles. The molecule has 0 saturated carbocycles. The molecule has 29 heavy (non-hydrogen) atoms. The van der Waals surface area contributed by atoms with Crippen LogP contribution < -0.4 is 5.69 Å². The van der Waals surface area contributed by atoms with Gasteiger partial charge < -0.3 is 9.88 Å². The molecule has 1 N–H and O–H groups in total. The first-order valence-corrected chi connectivity index (χ1v) is 10.6. The van der Waals surface area contributed by atoms with Crippen LogP contribution >= 0.6 is 11.3 Å². The fraction of sp³-hybridized carbons (Fsp3) is 0.227. The number of rotatable bonds is 3. The van der Waals surface area contributed by atoms with E-state index in [0.29, 0.717) is 18.8 Å². The van der Waals surface area contributed by atoms with E-state index in [4.69, 9.17) is 0 Å². The molecule has 0 spiro atoms. The Balaban J connectivity index is 1.31. The number of thiazole rings is 1. The van der Waals surface area contributed by atoms with Crippen molar-refractivity contribution in [2.45, 2.75) is 18.9 Å². The summed E-state index contributed by atoms with van der Waals surface area (Å²) >= 11 is 1.49. The molecule has 1 aliphatic rings. The van der Waals surface area contributed by atoms with E-state index in [2.05, 4.69) is 9.97 Å². The summed E-state index contributed by atoms with van der Waals surface area (Å²) in [5, 5.41) is 2.69. The average molecular weight is 404 g/mol. The van der Waals surface area contributed by atoms with E-state index in [-0.39, 0.29) is 17.6 Å². The van der Waals surface area contributed by atoms with Crippen molar-refractivity contribution in [1.82, 2.24) is 19.4 Å².